The first-order valence-electron chi connectivity index (χ1n) is 6.13. The third-order valence-electron chi connectivity index (χ3n) is 3.03. The first-order valence-corrected chi connectivity index (χ1v) is 7.70. The lowest BCUT2D eigenvalue weighted by Gasteiger charge is -2.03. The average Bonchev–Trinajstić information content (AvgIpc) is 2.82. The van der Waals surface area contributed by atoms with Crippen molar-refractivity contribution in [1.29, 1.82) is 0 Å². The second-order valence-corrected chi connectivity index (χ2v) is 6.54. The summed E-state index contributed by atoms with van der Waals surface area (Å²) in [5, 5.41) is 0.723. The first kappa shape index (κ1) is 13.6. The van der Waals surface area contributed by atoms with E-state index in [1.165, 1.54) is 16.9 Å². The number of hydrogen-bond donors (Lipinski definition) is 0. The molecule has 0 aliphatic carbocycles. The Morgan fingerprint density at radius 3 is 2.10 bits per heavy atom. The summed E-state index contributed by atoms with van der Waals surface area (Å²) >= 11 is 13.5. The Balaban J connectivity index is 2.12. The maximum absolute atomic E-state index is 6.11. The van der Waals surface area contributed by atoms with Gasteiger partial charge < -0.3 is 0 Å². The number of aryl methyl sites for hydroxylation is 1. The van der Waals surface area contributed by atoms with Crippen LogP contribution in [0.2, 0.25) is 9.49 Å². The average molecular weight is 320 g/mol. The normalized spacial score (nSPS) is 10.8. The summed E-state index contributed by atoms with van der Waals surface area (Å²) in [7, 11) is 0. The Morgan fingerprint density at radius 2 is 1.45 bits per heavy atom. The Bertz CT molecular complexity index is 667. The zero-order valence-electron chi connectivity index (χ0n) is 10.7. The second kappa shape index (κ2) is 5.57. The van der Waals surface area contributed by atoms with Crippen molar-refractivity contribution >= 4 is 34.5 Å². The van der Waals surface area contributed by atoms with Crippen LogP contribution in [-0.2, 0) is 0 Å². The lowest BCUT2D eigenvalue weighted by atomic mass is 10.1. The van der Waals surface area contributed by atoms with Gasteiger partial charge in [0.25, 0.3) is 0 Å². The molecule has 20 heavy (non-hydrogen) atoms. The molecule has 1 aromatic heterocycles. The van der Waals surface area contributed by atoms with Crippen molar-refractivity contribution in [3.8, 4) is 21.7 Å². The molecule has 0 fully saturated rings. The summed E-state index contributed by atoms with van der Waals surface area (Å²) in [6.07, 6.45) is 0. The van der Waals surface area contributed by atoms with Crippen LogP contribution in [0.25, 0.3) is 21.7 Å². The molecule has 0 saturated carbocycles. The highest BCUT2D eigenvalue weighted by Crippen LogP contribution is 2.38. The van der Waals surface area contributed by atoms with Crippen LogP contribution in [0.1, 0.15) is 5.56 Å². The lowest BCUT2D eigenvalue weighted by molar-refractivity contribution is 1.39. The Kier molecular flexibility index (Phi) is 3.79. The van der Waals surface area contributed by atoms with Gasteiger partial charge >= 0.3 is 0 Å². The van der Waals surface area contributed by atoms with Crippen LogP contribution in [0.5, 0.6) is 0 Å². The van der Waals surface area contributed by atoms with Gasteiger partial charge in [0.15, 0.2) is 4.47 Å². The third kappa shape index (κ3) is 2.73. The van der Waals surface area contributed by atoms with Crippen LogP contribution >= 0.6 is 34.5 Å². The predicted octanol–water partition coefficient (Wildman–Crippen LogP) is 6.09. The molecule has 0 N–H and O–H groups in total. The molecule has 0 atom stereocenters. The van der Waals surface area contributed by atoms with E-state index in [4.69, 9.17) is 23.2 Å². The van der Waals surface area contributed by atoms with Gasteiger partial charge in [-0.2, -0.15) is 0 Å². The monoisotopic (exact) mass is 319 g/mol. The Morgan fingerprint density at radius 1 is 0.850 bits per heavy atom. The number of hydrogen-bond acceptors (Lipinski definition) is 2. The summed E-state index contributed by atoms with van der Waals surface area (Å²) in [4.78, 5) is 5.53. The van der Waals surface area contributed by atoms with Gasteiger partial charge in [-0.1, -0.05) is 65.2 Å². The summed E-state index contributed by atoms with van der Waals surface area (Å²) in [5.74, 6) is 0. The fourth-order valence-electron chi connectivity index (χ4n) is 2.00. The van der Waals surface area contributed by atoms with Gasteiger partial charge in [-0.3, -0.25) is 0 Å². The van der Waals surface area contributed by atoms with Crippen LogP contribution < -0.4 is 0 Å². The minimum absolute atomic E-state index is 0.547. The van der Waals surface area contributed by atoms with Gasteiger partial charge in [-0.05, 0) is 24.6 Å². The van der Waals surface area contributed by atoms with E-state index in [2.05, 4.69) is 36.2 Å². The van der Waals surface area contributed by atoms with Crippen LogP contribution in [0.15, 0.2) is 48.5 Å². The van der Waals surface area contributed by atoms with E-state index in [1.54, 1.807) is 0 Å². The number of benzene rings is 2. The summed E-state index contributed by atoms with van der Waals surface area (Å²) in [6.45, 7) is 2.07. The predicted molar refractivity (Wildman–Crippen MR) is 87.7 cm³/mol. The maximum Gasteiger partial charge on any atom is 0.184 e. The van der Waals surface area contributed by atoms with Crippen molar-refractivity contribution < 1.29 is 0 Å². The van der Waals surface area contributed by atoms with Gasteiger partial charge in [0.1, 0.15) is 0 Å². The van der Waals surface area contributed by atoms with Crippen molar-refractivity contribution in [3.63, 3.8) is 0 Å². The fraction of sp³-hybridized carbons (Fsp3) is 0.0625. The molecule has 100 valence electrons. The molecule has 3 rings (SSSR count). The van der Waals surface area contributed by atoms with Crippen molar-refractivity contribution in [3.05, 3.63) is 63.6 Å². The van der Waals surface area contributed by atoms with Crippen LogP contribution in [0, 0.1) is 6.92 Å². The largest absolute Gasteiger partial charge is 0.224 e. The van der Waals surface area contributed by atoms with Crippen molar-refractivity contribution in [2.24, 2.45) is 0 Å². The Hall–Kier alpha value is -1.35. The fourth-order valence-corrected chi connectivity index (χ4v) is 3.26. The second-order valence-electron chi connectivity index (χ2n) is 4.52. The van der Waals surface area contributed by atoms with Gasteiger partial charge in [0.2, 0.25) is 0 Å². The minimum Gasteiger partial charge on any atom is -0.224 e. The van der Waals surface area contributed by atoms with Crippen molar-refractivity contribution in [2.45, 2.75) is 6.92 Å². The lowest BCUT2D eigenvalue weighted by Crippen LogP contribution is -1.82. The molecule has 4 heteroatoms. The van der Waals surface area contributed by atoms with E-state index < -0.39 is 0 Å². The molecule has 0 bridgehead atoms. The first-order chi connectivity index (χ1) is 9.63. The topological polar surface area (TPSA) is 12.9 Å². The minimum atomic E-state index is 0.547. The van der Waals surface area contributed by atoms with Crippen molar-refractivity contribution in [2.75, 3.05) is 0 Å². The molecule has 0 unspecified atom stereocenters. The highest BCUT2D eigenvalue weighted by molar-refractivity contribution is 7.19. The third-order valence-corrected chi connectivity index (χ3v) is 4.49. The van der Waals surface area contributed by atoms with Crippen LogP contribution in [0.3, 0.4) is 0 Å². The quantitative estimate of drug-likeness (QED) is 0.556. The van der Waals surface area contributed by atoms with E-state index in [-0.39, 0.29) is 0 Å². The maximum atomic E-state index is 6.11. The standard InChI is InChI=1S/C16H11Cl2NS/c1-10-2-4-11(5-3-10)14-15(20-16(18)19-14)12-6-8-13(17)9-7-12/h2-9H,1H3. The molecule has 1 nitrogen and oxygen atoms in total. The molecule has 0 radical (unpaired) electrons. The zero-order chi connectivity index (χ0) is 14.1. The SMILES string of the molecule is Cc1ccc(-c2nc(Cl)sc2-c2ccc(Cl)cc2)cc1. The van der Waals surface area contributed by atoms with Gasteiger partial charge in [-0.15, -0.1) is 11.3 Å². The number of nitrogens with zero attached hydrogens (tertiary/aromatic N) is 1. The number of thiazole rings is 1. The Labute approximate surface area is 131 Å². The van der Waals surface area contributed by atoms with E-state index >= 15 is 0 Å². The van der Waals surface area contributed by atoms with Gasteiger partial charge in [0.05, 0.1) is 10.6 Å². The zero-order valence-corrected chi connectivity index (χ0v) is 13.1. The molecular weight excluding hydrogens is 309 g/mol. The highest BCUT2D eigenvalue weighted by atomic mass is 35.5. The summed E-state index contributed by atoms with van der Waals surface area (Å²) in [5.41, 5.74) is 4.29. The molecule has 0 amide bonds. The van der Waals surface area contributed by atoms with Crippen molar-refractivity contribution in [1.82, 2.24) is 4.98 Å². The van der Waals surface area contributed by atoms with E-state index in [9.17, 15) is 0 Å². The molecule has 1 heterocycles. The van der Waals surface area contributed by atoms with Gasteiger partial charge in [0, 0.05) is 10.6 Å². The molecule has 2 aromatic carbocycles. The van der Waals surface area contributed by atoms with Gasteiger partial charge in [-0.25, -0.2) is 4.98 Å². The smallest absolute Gasteiger partial charge is 0.184 e. The highest BCUT2D eigenvalue weighted by Gasteiger charge is 2.13. The summed E-state index contributed by atoms with van der Waals surface area (Å²) < 4.78 is 0.547. The van der Waals surface area contributed by atoms with Crippen LogP contribution in [0.4, 0.5) is 0 Å². The molecule has 0 aliphatic rings. The van der Waals surface area contributed by atoms with E-state index in [1.807, 2.05) is 24.3 Å². The molecule has 0 spiro atoms. The molecular formula is C16H11Cl2NS. The molecule has 0 saturated heterocycles. The summed E-state index contributed by atoms with van der Waals surface area (Å²) in [6, 6.07) is 16.0. The number of rotatable bonds is 2. The number of halogens is 2. The van der Waals surface area contributed by atoms with Crippen LogP contribution in [-0.4, -0.2) is 4.98 Å². The molecule has 0 aliphatic heterocycles. The van der Waals surface area contributed by atoms with E-state index in [0.29, 0.717) is 4.47 Å². The molecule has 3 aromatic rings. The van der Waals surface area contributed by atoms with E-state index in [0.717, 1.165) is 26.7 Å². The number of aromatic nitrogens is 1.